The van der Waals surface area contributed by atoms with Crippen molar-refractivity contribution in [2.75, 3.05) is 13.6 Å². The second-order valence-corrected chi connectivity index (χ2v) is 7.08. The fourth-order valence-electron chi connectivity index (χ4n) is 2.83. The first-order chi connectivity index (χ1) is 11.6. The largest absolute Gasteiger partial charge is 0.356 e. The summed E-state index contributed by atoms with van der Waals surface area (Å²) in [5.74, 6) is -0.0400. The van der Waals surface area contributed by atoms with E-state index in [0.29, 0.717) is 18.3 Å². The molecule has 0 amide bonds. The number of nitrogens with zero attached hydrogens (tertiary/aromatic N) is 1. The summed E-state index contributed by atoms with van der Waals surface area (Å²) in [5, 5.41) is 8.61. The molecule has 1 heterocycles. The van der Waals surface area contributed by atoms with E-state index in [1.165, 1.54) is 23.1 Å². The van der Waals surface area contributed by atoms with Crippen LogP contribution < -0.4 is 10.6 Å². The van der Waals surface area contributed by atoms with Crippen LogP contribution in [-0.4, -0.2) is 25.6 Å². The molecule has 1 aromatic carbocycles. The van der Waals surface area contributed by atoms with Gasteiger partial charge in [0.15, 0.2) is 5.96 Å². The van der Waals surface area contributed by atoms with E-state index in [4.69, 9.17) is 0 Å². The molecular formula is C18H21F2N3S. The van der Waals surface area contributed by atoms with E-state index in [0.717, 1.165) is 6.54 Å². The molecule has 1 fully saturated rings. The molecule has 0 aliphatic heterocycles. The maximum Gasteiger partial charge on any atom is 0.191 e. The number of thiophene rings is 1. The molecule has 1 aromatic heterocycles. The molecule has 2 N–H and O–H groups in total. The first-order valence-electron chi connectivity index (χ1n) is 8.04. The third-order valence-corrected chi connectivity index (χ3v) is 5.42. The topological polar surface area (TPSA) is 36.4 Å². The van der Waals surface area contributed by atoms with Crippen molar-refractivity contribution in [1.82, 2.24) is 10.6 Å². The van der Waals surface area contributed by atoms with Crippen molar-refractivity contribution in [3.8, 4) is 0 Å². The van der Waals surface area contributed by atoms with Crippen LogP contribution >= 0.6 is 11.3 Å². The lowest BCUT2D eigenvalue weighted by atomic mass is 10.1. The summed E-state index contributed by atoms with van der Waals surface area (Å²) in [6.45, 7) is 2.91. The van der Waals surface area contributed by atoms with Gasteiger partial charge in [0.25, 0.3) is 0 Å². The Morgan fingerprint density at radius 2 is 2.04 bits per heavy atom. The van der Waals surface area contributed by atoms with Crippen molar-refractivity contribution in [3.05, 3.63) is 57.8 Å². The quantitative estimate of drug-likeness (QED) is 0.635. The molecule has 24 heavy (non-hydrogen) atoms. The zero-order valence-electron chi connectivity index (χ0n) is 13.7. The number of guanidine groups is 1. The van der Waals surface area contributed by atoms with E-state index in [-0.39, 0.29) is 17.5 Å². The lowest BCUT2D eigenvalue weighted by Crippen LogP contribution is -2.40. The number of halogens is 2. The van der Waals surface area contributed by atoms with Gasteiger partial charge in [0, 0.05) is 41.9 Å². The number of aliphatic imine (C=N–C) groups is 1. The Balaban J connectivity index is 1.54. The SMILES string of the molecule is CN=C(NCC(C)c1cccs1)NC1CC1c1c(F)cccc1F. The van der Waals surface area contributed by atoms with Crippen LogP contribution in [0.15, 0.2) is 40.7 Å². The molecular weight excluding hydrogens is 328 g/mol. The van der Waals surface area contributed by atoms with E-state index in [9.17, 15) is 8.78 Å². The lowest BCUT2D eigenvalue weighted by molar-refractivity contribution is 0.553. The van der Waals surface area contributed by atoms with Gasteiger partial charge in [-0.05, 0) is 30.0 Å². The van der Waals surface area contributed by atoms with E-state index >= 15 is 0 Å². The molecule has 3 atom stereocenters. The first-order valence-corrected chi connectivity index (χ1v) is 8.92. The standard InChI is InChI=1S/C18H21F2N3S/c1-11(16-7-4-8-24-16)10-22-18(21-2)23-15-9-12(15)17-13(19)5-3-6-14(17)20/h3-8,11-12,15H,9-10H2,1-2H3,(H2,21,22,23). The summed E-state index contributed by atoms with van der Waals surface area (Å²) < 4.78 is 27.7. The Bertz CT molecular complexity index is 695. The molecule has 128 valence electrons. The van der Waals surface area contributed by atoms with Gasteiger partial charge in [0.2, 0.25) is 0 Å². The van der Waals surface area contributed by atoms with Gasteiger partial charge in [-0.2, -0.15) is 0 Å². The van der Waals surface area contributed by atoms with Crippen LogP contribution in [0.5, 0.6) is 0 Å². The lowest BCUT2D eigenvalue weighted by Gasteiger charge is -2.15. The van der Waals surface area contributed by atoms with Gasteiger partial charge in [-0.1, -0.05) is 19.1 Å². The minimum atomic E-state index is -0.474. The van der Waals surface area contributed by atoms with Gasteiger partial charge in [-0.25, -0.2) is 8.78 Å². The summed E-state index contributed by atoms with van der Waals surface area (Å²) >= 11 is 1.73. The van der Waals surface area contributed by atoms with Crippen LogP contribution in [0, 0.1) is 11.6 Å². The highest BCUT2D eigenvalue weighted by Crippen LogP contribution is 2.43. The van der Waals surface area contributed by atoms with Crippen LogP contribution in [-0.2, 0) is 0 Å². The molecule has 0 saturated heterocycles. The van der Waals surface area contributed by atoms with Crippen molar-refractivity contribution in [1.29, 1.82) is 0 Å². The minimum Gasteiger partial charge on any atom is -0.356 e. The van der Waals surface area contributed by atoms with Crippen LogP contribution in [0.4, 0.5) is 8.78 Å². The summed E-state index contributed by atoms with van der Waals surface area (Å²) in [5.41, 5.74) is 0.178. The molecule has 3 rings (SSSR count). The third kappa shape index (κ3) is 3.75. The maximum absolute atomic E-state index is 13.8. The molecule has 1 aliphatic rings. The summed E-state index contributed by atoms with van der Waals surface area (Å²) in [6.07, 6.45) is 0.707. The highest BCUT2D eigenvalue weighted by atomic mass is 32.1. The number of rotatable bonds is 5. The van der Waals surface area contributed by atoms with Crippen LogP contribution in [0.3, 0.4) is 0 Å². The Kier molecular flexibility index (Phi) is 5.14. The zero-order valence-corrected chi connectivity index (χ0v) is 14.5. The molecule has 0 radical (unpaired) electrons. The minimum absolute atomic E-state index is 0.0136. The number of nitrogens with one attached hydrogen (secondary N) is 2. The fourth-order valence-corrected chi connectivity index (χ4v) is 3.62. The summed E-state index contributed by atoms with van der Waals surface area (Å²) in [7, 11) is 1.70. The Hall–Kier alpha value is -1.95. The maximum atomic E-state index is 13.8. The van der Waals surface area contributed by atoms with E-state index < -0.39 is 11.6 Å². The zero-order chi connectivity index (χ0) is 17.1. The average molecular weight is 349 g/mol. The van der Waals surface area contributed by atoms with Crippen molar-refractivity contribution in [2.45, 2.75) is 31.2 Å². The van der Waals surface area contributed by atoms with Gasteiger partial charge >= 0.3 is 0 Å². The Morgan fingerprint density at radius 1 is 1.29 bits per heavy atom. The van der Waals surface area contributed by atoms with Gasteiger partial charge < -0.3 is 10.6 Å². The second kappa shape index (κ2) is 7.30. The predicted molar refractivity (Wildman–Crippen MR) is 94.7 cm³/mol. The third-order valence-electron chi connectivity index (χ3n) is 4.31. The second-order valence-electron chi connectivity index (χ2n) is 6.10. The predicted octanol–water partition coefficient (Wildman–Crippen LogP) is 3.85. The molecule has 0 bridgehead atoms. The van der Waals surface area contributed by atoms with Gasteiger partial charge in [0.05, 0.1) is 0 Å². The first kappa shape index (κ1) is 16.9. The average Bonchev–Trinajstić information content (AvgIpc) is 3.09. The van der Waals surface area contributed by atoms with Gasteiger partial charge in [-0.3, -0.25) is 4.99 Å². The monoisotopic (exact) mass is 349 g/mol. The van der Waals surface area contributed by atoms with E-state index in [1.807, 2.05) is 6.07 Å². The fraction of sp³-hybridized carbons (Fsp3) is 0.389. The number of hydrogen-bond acceptors (Lipinski definition) is 2. The number of benzene rings is 1. The van der Waals surface area contributed by atoms with Crippen molar-refractivity contribution >= 4 is 17.3 Å². The highest BCUT2D eigenvalue weighted by molar-refractivity contribution is 7.10. The van der Waals surface area contributed by atoms with Crippen molar-refractivity contribution < 1.29 is 8.78 Å². The smallest absolute Gasteiger partial charge is 0.191 e. The van der Waals surface area contributed by atoms with E-state index in [2.05, 4.69) is 34.0 Å². The van der Waals surface area contributed by atoms with Crippen LogP contribution in [0.1, 0.15) is 35.6 Å². The van der Waals surface area contributed by atoms with Crippen LogP contribution in [0.25, 0.3) is 0 Å². The van der Waals surface area contributed by atoms with Crippen molar-refractivity contribution in [2.24, 2.45) is 4.99 Å². The molecule has 6 heteroatoms. The van der Waals surface area contributed by atoms with Gasteiger partial charge in [-0.15, -0.1) is 11.3 Å². The molecule has 3 unspecified atom stereocenters. The molecule has 2 aromatic rings. The summed E-state index contributed by atoms with van der Waals surface area (Å²) in [4.78, 5) is 5.52. The molecule has 1 saturated carbocycles. The molecule has 1 aliphatic carbocycles. The molecule has 0 spiro atoms. The van der Waals surface area contributed by atoms with E-state index in [1.54, 1.807) is 18.4 Å². The molecule has 3 nitrogen and oxygen atoms in total. The number of hydrogen-bond donors (Lipinski definition) is 2. The Morgan fingerprint density at radius 3 is 2.67 bits per heavy atom. The summed E-state index contributed by atoms with van der Waals surface area (Å²) in [6, 6.07) is 8.19. The van der Waals surface area contributed by atoms with Crippen LogP contribution in [0.2, 0.25) is 0 Å². The highest BCUT2D eigenvalue weighted by Gasteiger charge is 2.42. The Labute approximate surface area is 144 Å². The van der Waals surface area contributed by atoms with Crippen molar-refractivity contribution in [3.63, 3.8) is 0 Å². The van der Waals surface area contributed by atoms with Gasteiger partial charge in [0.1, 0.15) is 11.6 Å². The normalized spacial score (nSPS) is 21.4.